The molecule has 22 rings (SSSR count). The van der Waals surface area contributed by atoms with Crippen LogP contribution in [-0.4, -0.2) is 63.6 Å². The number of hydrogen-bond donors (Lipinski definition) is 0. The Morgan fingerprint density at radius 1 is 0.124 bits per heavy atom. The van der Waals surface area contributed by atoms with Gasteiger partial charge in [0.25, 0.3) is 0 Å². The Bertz CT molecular complexity index is 8350. The third-order valence-electron chi connectivity index (χ3n) is 27.1. The van der Waals surface area contributed by atoms with E-state index in [2.05, 4.69) is 119 Å². The predicted octanol–water partition coefficient (Wildman–Crippen LogP) is 28.2. The maximum atomic E-state index is 15.8. The van der Waals surface area contributed by atoms with Gasteiger partial charge < -0.3 is 9.80 Å². The Balaban J connectivity index is 0.561. The zero-order valence-electron chi connectivity index (χ0n) is 77.7. The summed E-state index contributed by atoms with van der Waals surface area (Å²) in [7, 11) is 0. The van der Waals surface area contributed by atoms with Crippen molar-refractivity contribution < 1.29 is 52.7 Å². The van der Waals surface area contributed by atoms with Gasteiger partial charge in [-0.05, 0) is 201 Å². The Morgan fingerprint density at radius 2 is 0.303 bits per heavy atom. The number of carbonyl (C=O) groups is 11. The van der Waals surface area contributed by atoms with E-state index in [0.717, 1.165) is 78.6 Å². The van der Waals surface area contributed by atoms with Gasteiger partial charge in [0.15, 0.2) is 63.6 Å². The van der Waals surface area contributed by atoms with Crippen LogP contribution >= 0.6 is 0 Å². The number of anilines is 6. The minimum Gasteiger partial charge on any atom is -0.310 e. The average Bonchev–Trinajstić information content (AvgIpc) is 1.50. The Morgan fingerprint density at radius 3 is 0.566 bits per heavy atom. The molecule has 13 heteroatoms. The number of para-hydroxylation sites is 4. The Kier molecular flexibility index (Phi) is 24.1. The summed E-state index contributed by atoms with van der Waals surface area (Å²) in [5.74, 6) is -4.85. The summed E-state index contributed by atoms with van der Waals surface area (Å²) < 4.78 is 0. The molecule has 0 aromatic heterocycles. The van der Waals surface area contributed by atoms with Crippen molar-refractivity contribution >= 4 is 97.7 Å². The van der Waals surface area contributed by atoms with Crippen molar-refractivity contribution in [3.8, 4) is 33.4 Å². The van der Waals surface area contributed by atoms with Crippen molar-refractivity contribution in [2.24, 2.45) is 0 Å². The van der Waals surface area contributed by atoms with Gasteiger partial charge in [0.05, 0.1) is 5.41 Å². The highest BCUT2D eigenvalue weighted by Crippen LogP contribution is 2.65. The predicted molar refractivity (Wildman–Crippen MR) is 566 cm³/mol. The fourth-order valence-electron chi connectivity index (χ4n) is 20.1. The minimum absolute atomic E-state index is 0.00484. The number of benzene rings is 20. The lowest BCUT2D eigenvalue weighted by molar-refractivity contribution is 0.102. The van der Waals surface area contributed by atoms with E-state index in [0.29, 0.717) is 50.1 Å². The number of nitrogens with zero attached hydrogens (tertiary/aromatic N) is 2. The Labute approximate surface area is 835 Å². The number of rotatable bonds is 29. The first-order chi connectivity index (χ1) is 70.9. The molecule has 0 amide bonds. The van der Waals surface area contributed by atoms with Crippen molar-refractivity contribution in [2.45, 2.75) is 5.41 Å². The van der Waals surface area contributed by atoms with E-state index < -0.39 is 45.9 Å². The lowest BCUT2D eigenvalue weighted by Gasteiger charge is -2.33. The SMILES string of the molecule is O=C(c1ccccc1)c1cccc(C(=O)c2cccc(C(=O)c3cc(C(=O)c4cccc(C(=O)c5cccc(C(=O)c6ccccc6)c5)c4)cc(C(=O)c4cccc(C(=O)c5cccc(C(=O)c6cccc(-c7ccc(C(=O)c8ccc9c(c8)C8(c%10cc(C(=O)c%11ccccc%11)ccc%10-c%10ccc(N(c%11ccccc%11)c%11ccccc%11)cc%108)c8cc(N(c%10ccccc%10)c%10ccccc%10)ccc8-9)cc7)c6)c5)c4)c3)c2)c1. The van der Waals surface area contributed by atoms with Crippen LogP contribution < -0.4 is 9.80 Å². The minimum atomic E-state index is -1.15. The van der Waals surface area contributed by atoms with E-state index in [4.69, 9.17) is 0 Å². The molecule has 13 nitrogen and oxygen atoms in total. The van der Waals surface area contributed by atoms with Crippen LogP contribution in [-0.2, 0) is 5.41 Å². The third-order valence-corrected chi connectivity index (χ3v) is 27.1. The van der Waals surface area contributed by atoms with E-state index in [1.165, 1.54) is 109 Å². The molecule has 0 radical (unpaired) electrons. The first-order valence-corrected chi connectivity index (χ1v) is 47.5. The normalized spacial score (nSPS) is 12.3. The van der Waals surface area contributed by atoms with Crippen molar-refractivity contribution in [3.05, 3.63) is 642 Å². The zero-order chi connectivity index (χ0) is 98.9. The Hall–Kier alpha value is -19.6. The fourth-order valence-corrected chi connectivity index (χ4v) is 20.1. The molecule has 2 aliphatic rings. The van der Waals surface area contributed by atoms with Crippen molar-refractivity contribution in [2.75, 3.05) is 9.80 Å². The van der Waals surface area contributed by atoms with Crippen LogP contribution in [0, 0.1) is 0 Å². The molecule has 20 aromatic carbocycles. The van der Waals surface area contributed by atoms with Gasteiger partial charge in [0, 0.05) is 157 Å². The van der Waals surface area contributed by atoms with E-state index in [1.54, 1.807) is 146 Å². The van der Waals surface area contributed by atoms with Gasteiger partial charge in [-0.2, -0.15) is 0 Å². The third kappa shape index (κ3) is 17.3. The van der Waals surface area contributed by atoms with Gasteiger partial charge in [0.2, 0.25) is 0 Å². The van der Waals surface area contributed by atoms with Crippen LogP contribution in [0.1, 0.15) is 197 Å². The highest BCUT2D eigenvalue weighted by Gasteiger charge is 2.53. The second-order valence-electron chi connectivity index (χ2n) is 35.9. The number of fused-ring (bicyclic) bond motifs is 10. The van der Waals surface area contributed by atoms with Crippen LogP contribution in [0.25, 0.3) is 33.4 Å². The molecule has 0 fully saturated rings. The number of carbonyl (C=O) groups excluding carboxylic acids is 11. The maximum Gasteiger partial charge on any atom is 0.193 e. The molecular formula is C132H82N2O11. The van der Waals surface area contributed by atoms with E-state index in [-0.39, 0.29) is 107 Å². The molecule has 0 bridgehead atoms. The summed E-state index contributed by atoms with van der Waals surface area (Å²) in [6.07, 6.45) is 0. The fraction of sp³-hybridized carbons (Fsp3) is 0.00758. The molecule has 0 aliphatic heterocycles. The first kappa shape index (κ1) is 90.5. The van der Waals surface area contributed by atoms with Crippen molar-refractivity contribution in [1.82, 2.24) is 0 Å². The molecular weight excluding hydrogens is 1790 g/mol. The van der Waals surface area contributed by atoms with Crippen LogP contribution in [0.4, 0.5) is 34.1 Å². The molecule has 145 heavy (non-hydrogen) atoms. The molecule has 1 atom stereocenters. The summed E-state index contributed by atoms with van der Waals surface area (Å²) >= 11 is 0. The van der Waals surface area contributed by atoms with Crippen LogP contribution in [0.2, 0.25) is 0 Å². The molecule has 686 valence electrons. The lowest BCUT2D eigenvalue weighted by atomic mass is 9.69. The summed E-state index contributed by atoms with van der Waals surface area (Å²) in [6, 6.07) is 148. The average molecular weight is 1870 g/mol. The standard InChI is InChI=1S/C132H82N2O11/c135-121(84-29-8-1-9-30-84)90-37-23-39-92(70-90)126(140)96-43-26-46-99(73-96)129(143)104-76-105(130(144)100-47-27-44-97(74-100)127(141)93-40-24-38-91(71-93)122(136)85-31-10-2-11-32-85)78-106(77-104)131(145)101-48-28-45-98(75-101)128(142)95-42-25-41-94(72-95)125(139)89-36-22-35-88(69-89)83-57-59-87(60-58-83)124(138)103-62-66-114-116-68-64-112(134(109-53-18-6-19-54-109)110-55-20-7-21-56-110)82-120(116)132(118(114)80-103)117-79-102(123(137)86-33-12-3-13-34-86)61-65-113(117)115-67-63-111(81-119(115)132)133(107-49-14-4-15-50-107)108-51-16-5-17-52-108/h1-82H. The number of hydrogen-bond acceptors (Lipinski definition) is 13. The highest BCUT2D eigenvalue weighted by molar-refractivity contribution is 6.22. The van der Waals surface area contributed by atoms with Gasteiger partial charge >= 0.3 is 0 Å². The molecule has 2 aliphatic carbocycles. The maximum absolute atomic E-state index is 15.8. The largest absolute Gasteiger partial charge is 0.310 e. The van der Waals surface area contributed by atoms with Crippen LogP contribution in [0.3, 0.4) is 0 Å². The van der Waals surface area contributed by atoms with E-state index >= 15 is 24.0 Å². The quantitative estimate of drug-likeness (QED) is 0.0402. The summed E-state index contributed by atoms with van der Waals surface area (Å²) in [5.41, 5.74) is 17.8. The topological polar surface area (TPSA) is 194 Å². The van der Waals surface area contributed by atoms with Gasteiger partial charge in [0.1, 0.15) is 0 Å². The molecule has 1 unspecified atom stereocenters. The lowest BCUT2D eigenvalue weighted by Crippen LogP contribution is -2.27. The summed E-state index contributed by atoms with van der Waals surface area (Å²) in [6.45, 7) is 0. The molecule has 0 saturated carbocycles. The first-order valence-electron chi connectivity index (χ1n) is 47.5. The molecule has 0 N–H and O–H groups in total. The van der Waals surface area contributed by atoms with E-state index in [9.17, 15) is 28.8 Å². The zero-order valence-corrected chi connectivity index (χ0v) is 77.7. The van der Waals surface area contributed by atoms with Crippen LogP contribution in [0.5, 0.6) is 0 Å². The van der Waals surface area contributed by atoms with Crippen molar-refractivity contribution in [3.63, 3.8) is 0 Å². The molecule has 0 saturated heterocycles. The van der Waals surface area contributed by atoms with Gasteiger partial charge in [-0.25, -0.2) is 0 Å². The smallest absolute Gasteiger partial charge is 0.193 e. The molecule has 0 heterocycles. The van der Waals surface area contributed by atoms with Gasteiger partial charge in [-0.3, -0.25) is 52.7 Å². The van der Waals surface area contributed by atoms with Gasteiger partial charge in [-0.1, -0.05) is 352 Å². The summed E-state index contributed by atoms with van der Waals surface area (Å²) in [4.78, 5) is 167. The summed E-state index contributed by atoms with van der Waals surface area (Å²) in [5, 5.41) is 0. The second kappa shape index (κ2) is 38.6. The molecule has 1 spiro atoms. The van der Waals surface area contributed by atoms with Crippen molar-refractivity contribution in [1.29, 1.82) is 0 Å². The number of ketones is 11. The van der Waals surface area contributed by atoms with Crippen LogP contribution in [0.15, 0.2) is 497 Å². The van der Waals surface area contributed by atoms with E-state index in [1.807, 2.05) is 133 Å². The molecule has 20 aromatic rings. The van der Waals surface area contributed by atoms with Gasteiger partial charge in [-0.15, -0.1) is 0 Å². The highest BCUT2D eigenvalue weighted by atomic mass is 16.2. The second-order valence-corrected chi connectivity index (χ2v) is 35.9. The monoisotopic (exact) mass is 1870 g/mol.